The minimum absolute atomic E-state index is 0.0640. The number of hydrogen-bond donors (Lipinski definition) is 3. The molecule has 0 aromatic carbocycles. The molecule has 61 heavy (non-hydrogen) atoms. The Balaban J connectivity index is 4.50. The fourth-order valence-corrected chi connectivity index (χ4v) is 8.67. The monoisotopic (exact) mass is 862 g/mol. The van der Waals surface area contributed by atoms with E-state index in [9.17, 15) is 19.8 Å². The van der Waals surface area contributed by atoms with Crippen LogP contribution in [0.15, 0.2) is 12.2 Å². The molecular weight excluding hydrogens is 755 g/mol. The largest absolute Gasteiger partial charge is 0.462 e. The minimum Gasteiger partial charge on any atom is -0.462 e. The van der Waals surface area contributed by atoms with Crippen LogP contribution in [0.25, 0.3) is 0 Å². The Morgan fingerprint density at radius 3 is 1.20 bits per heavy atom. The highest BCUT2D eigenvalue weighted by molar-refractivity contribution is 5.77. The van der Waals surface area contributed by atoms with Gasteiger partial charge in [0.25, 0.3) is 0 Å². The minimum atomic E-state index is -0.788. The summed E-state index contributed by atoms with van der Waals surface area (Å²) in [6.07, 6.45) is 55.6. The highest BCUT2D eigenvalue weighted by atomic mass is 16.5. The molecule has 0 radical (unpaired) electrons. The van der Waals surface area contributed by atoms with Gasteiger partial charge < -0.3 is 20.3 Å². The summed E-state index contributed by atoms with van der Waals surface area (Å²) in [5, 5.41) is 23.8. The van der Waals surface area contributed by atoms with Gasteiger partial charge in [0.05, 0.1) is 25.2 Å². The summed E-state index contributed by atoms with van der Waals surface area (Å²) in [5.41, 5.74) is 0. The lowest BCUT2D eigenvalue weighted by Gasteiger charge is -2.24. The van der Waals surface area contributed by atoms with Gasteiger partial charge in [0.2, 0.25) is 5.91 Å². The summed E-state index contributed by atoms with van der Waals surface area (Å²) >= 11 is 0. The topological polar surface area (TPSA) is 95.9 Å². The van der Waals surface area contributed by atoms with Crippen molar-refractivity contribution in [3.05, 3.63) is 12.2 Å². The van der Waals surface area contributed by atoms with Gasteiger partial charge in [-0.2, -0.15) is 0 Å². The van der Waals surface area contributed by atoms with Gasteiger partial charge in [-0.05, 0) is 44.9 Å². The zero-order valence-corrected chi connectivity index (χ0v) is 41.3. The van der Waals surface area contributed by atoms with E-state index in [1.165, 1.54) is 205 Å². The van der Waals surface area contributed by atoms with E-state index in [-0.39, 0.29) is 24.9 Å². The van der Waals surface area contributed by atoms with Crippen molar-refractivity contribution in [2.75, 3.05) is 6.61 Å². The molecule has 0 spiro atoms. The highest BCUT2D eigenvalue weighted by Crippen LogP contribution is 2.18. The molecule has 0 bridgehead atoms. The molecule has 1 amide bonds. The predicted octanol–water partition coefficient (Wildman–Crippen LogP) is 16.5. The first kappa shape index (κ1) is 59.6. The zero-order chi connectivity index (χ0) is 44.5. The summed E-state index contributed by atoms with van der Waals surface area (Å²) in [4.78, 5) is 26.2. The number of ether oxygens (including phenoxy) is 1. The Morgan fingerprint density at radius 2 is 0.803 bits per heavy atom. The first-order valence-corrected chi connectivity index (χ1v) is 27.4. The maximum atomic E-state index is 13.2. The molecule has 3 atom stereocenters. The van der Waals surface area contributed by atoms with Crippen LogP contribution in [0, 0.1) is 0 Å². The SMILES string of the molecule is CCCCCCCCC/C=C\CCCC(CC(=O)NC(CO)C(O)CCCCCCCCCCCCCCCC)OC(=O)CCCCCCCCCCCCCCCCCC. The smallest absolute Gasteiger partial charge is 0.306 e. The van der Waals surface area contributed by atoms with E-state index in [2.05, 4.69) is 38.2 Å². The third-order valence-electron chi connectivity index (χ3n) is 12.8. The van der Waals surface area contributed by atoms with E-state index in [0.29, 0.717) is 19.3 Å². The van der Waals surface area contributed by atoms with E-state index in [4.69, 9.17) is 4.74 Å². The molecule has 0 fully saturated rings. The third kappa shape index (κ3) is 45.0. The van der Waals surface area contributed by atoms with Gasteiger partial charge in [-0.25, -0.2) is 0 Å². The lowest BCUT2D eigenvalue weighted by molar-refractivity contribution is -0.151. The molecule has 0 aromatic heterocycles. The maximum Gasteiger partial charge on any atom is 0.306 e. The normalized spacial score (nSPS) is 13.2. The number of esters is 1. The summed E-state index contributed by atoms with van der Waals surface area (Å²) in [6, 6.07) is -0.703. The number of carbonyl (C=O) groups is 2. The lowest BCUT2D eigenvalue weighted by Crippen LogP contribution is -2.46. The summed E-state index contributed by atoms with van der Waals surface area (Å²) < 4.78 is 5.93. The van der Waals surface area contributed by atoms with Gasteiger partial charge in [0.1, 0.15) is 6.10 Å². The van der Waals surface area contributed by atoms with Crippen LogP contribution in [0.5, 0.6) is 0 Å². The average molecular weight is 862 g/mol. The molecule has 0 aromatic rings. The van der Waals surface area contributed by atoms with Crippen molar-refractivity contribution >= 4 is 11.9 Å². The van der Waals surface area contributed by atoms with Crippen molar-refractivity contribution in [1.82, 2.24) is 5.32 Å². The summed E-state index contributed by atoms with van der Waals surface area (Å²) in [7, 11) is 0. The van der Waals surface area contributed by atoms with Crippen LogP contribution in [-0.4, -0.2) is 46.9 Å². The van der Waals surface area contributed by atoms with Gasteiger partial charge in [-0.15, -0.1) is 0 Å². The predicted molar refractivity (Wildman–Crippen MR) is 264 cm³/mol. The molecule has 3 N–H and O–H groups in total. The average Bonchev–Trinajstić information content (AvgIpc) is 3.25. The molecule has 0 aliphatic heterocycles. The van der Waals surface area contributed by atoms with Crippen LogP contribution >= 0.6 is 0 Å². The molecule has 0 rings (SSSR count). The molecule has 6 nitrogen and oxygen atoms in total. The lowest BCUT2D eigenvalue weighted by atomic mass is 10.0. The van der Waals surface area contributed by atoms with Crippen molar-refractivity contribution in [3.8, 4) is 0 Å². The van der Waals surface area contributed by atoms with Crippen LogP contribution in [-0.2, 0) is 14.3 Å². The van der Waals surface area contributed by atoms with Gasteiger partial charge in [-0.3, -0.25) is 9.59 Å². The fraction of sp³-hybridized carbons (Fsp3) is 0.927. The van der Waals surface area contributed by atoms with E-state index in [1.54, 1.807) is 0 Å². The third-order valence-corrected chi connectivity index (χ3v) is 12.8. The van der Waals surface area contributed by atoms with Crippen molar-refractivity contribution < 1.29 is 24.5 Å². The van der Waals surface area contributed by atoms with E-state index < -0.39 is 18.2 Å². The standard InChI is InChI=1S/C55H107NO5/c1-4-7-10-13-16-19-22-25-27-28-30-33-36-39-42-45-48-55(60)61-51(46-43-40-37-34-31-24-21-18-15-12-9-6-3)49-54(59)56-52(50-57)53(58)47-44-41-38-35-32-29-26-23-20-17-14-11-8-5-2/h34,37,51-53,57-58H,4-33,35-36,38-50H2,1-3H3,(H,56,59)/b37-34-. The molecule has 0 heterocycles. The van der Waals surface area contributed by atoms with E-state index in [1.807, 2.05) is 0 Å². The van der Waals surface area contributed by atoms with Crippen molar-refractivity contribution in [3.63, 3.8) is 0 Å². The van der Waals surface area contributed by atoms with Crippen LogP contribution in [0.2, 0.25) is 0 Å². The Bertz CT molecular complexity index is 924. The molecule has 3 unspecified atom stereocenters. The van der Waals surface area contributed by atoms with Gasteiger partial charge >= 0.3 is 5.97 Å². The van der Waals surface area contributed by atoms with Crippen LogP contribution < -0.4 is 5.32 Å². The molecule has 6 heteroatoms. The zero-order valence-electron chi connectivity index (χ0n) is 41.3. The number of hydrogen-bond acceptors (Lipinski definition) is 5. The number of allylic oxidation sites excluding steroid dienone is 2. The second-order valence-corrected chi connectivity index (χ2v) is 19.0. The molecule has 0 saturated carbocycles. The molecule has 0 aliphatic carbocycles. The first-order chi connectivity index (χ1) is 30.0. The Labute approximate surface area is 380 Å². The number of unbranched alkanes of at least 4 members (excludes halogenated alkanes) is 36. The number of nitrogens with one attached hydrogen (secondary N) is 1. The molecular formula is C55H107NO5. The summed E-state index contributed by atoms with van der Waals surface area (Å²) in [6.45, 7) is 6.50. The van der Waals surface area contributed by atoms with Crippen LogP contribution in [0.1, 0.15) is 303 Å². The number of rotatable bonds is 50. The number of aliphatic hydroxyl groups is 2. The summed E-state index contributed by atoms with van der Waals surface area (Å²) in [5.74, 6) is -0.483. The fourth-order valence-electron chi connectivity index (χ4n) is 8.67. The number of amides is 1. The van der Waals surface area contributed by atoms with Gasteiger partial charge in [-0.1, -0.05) is 258 Å². The molecule has 0 saturated heterocycles. The number of aliphatic hydroxyl groups excluding tert-OH is 2. The second kappa shape index (κ2) is 49.6. The Morgan fingerprint density at radius 1 is 0.459 bits per heavy atom. The first-order valence-electron chi connectivity index (χ1n) is 27.4. The van der Waals surface area contributed by atoms with Crippen LogP contribution in [0.4, 0.5) is 0 Å². The molecule has 0 aliphatic rings. The second-order valence-electron chi connectivity index (χ2n) is 19.0. The highest BCUT2D eigenvalue weighted by Gasteiger charge is 2.24. The Hall–Kier alpha value is -1.40. The van der Waals surface area contributed by atoms with Gasteiger partial charge in [0, 0.05) is 6.42 Å². The van der Waals surface area contributed by atoms with Gasteiger partial charge in [0.15, 0.2) is 0 Å². The van der Waals surface area contributed by atoms with Crippen molar-refractivity contribution in [2.45, 2.75) is 322 Å². The van der Waals surface area contributed by atoms with Crippen molar-refractivity contribution in [2.24, 2.45) is 0 Å². The quantitative estimate of drug-likeness (QED) is 0.0322. The van der Waals surface area contributed by atoms with E-state index in [0.717, 1.165) is 51.4 Å². The maximum absolute atomic E-state index is 13.2. The van der Waals surface area contributed by atoms with Crippen molar-refractivity contribution in [1.29, 1.82) is 0 Å². The van der Waals surface area contributed by atoms with E-state index >= 15 is 0 Å². The van der Waals surface area contributed by atoms with Crippen LogP contribution in [0.3, 0.4) is 0 Å². The number of carbonyl (C=O) groups excluding carboxylic acids is 2. The Kier molecular flexibility index (Phi) is 48.5. The molecule has 362 valence electrons.